The summed E-state index contributed by atoms with van der Waals surface area (Å²) in [6, 6.07) is 18.0. The topological polar surface area (TPSA) is 98.8 Å². The molecule has 8 nitrogen and oxygen atoms in total. The summed E-state index contributed by atoms with van der Waals surface area (Å²) in [5.41, 5.74) is 6.07. The number of likely N-dealkylation sites (tertiary alicyclic amines) is 1. The van der Waals surface area contributed by atoms with E-state index < -0.39 is 6.17 Å². The maximum absolute atomic E-state index is 13.5. The Balaban J connectivity index is 1.16. The Morgan fingerprint density at radius 2 is 1.82 bits per heavy atom. The lowest BCUT2D eigenvalue weighted by molar-refractivity contribution is 0.102. The molecular formula is C31H31FN6O2. The zero-order chi connectivity index (χ0) is 27.6. The monoisotopic (exact) mass is 538 g/mol. The number of nitrogens with zero attached hydrogens (tertiary/aromatic N) is 3. The Morgan fingerprint density at radius 3 is 2.62 bits per heavy atom. The molecule has 0 unspecified atom stereocenters. The van der Waals surface area contributed by atoms with Crippen molar-refractivity contribution in [1.29, 1.82) is 0 Å². The Labute approximate surface area is 230 Å². The Morgan fingerprint density at radius 1 is 1.05 bits per heavy atom. The van der Waals surface area contributed by atoms with Crippen molar-refractivity contribution >= 4 is 22.5 Å². The summed E-state index contributed by atoms with van der Waals surface area (Å²) < 4.78 is 15.2. The predicted octanol–water partition coefficient (Wildman–Crippen LogP) is 5.26. The van der Waals surface area contributed by atoms with Crippen molar-refractivity contribution < 1.29 is 9.18 Å². The van der Waals surface area contributed by atoms with Crippen LogP contribution in [0.3, 0.4) is 0 Å². The number of rotatable bonds is 7. The second-order valence-corrected chi connectivity index (χ2v) is 10.6. The van der Waals surface area contributed by atoms with Gasteiger partial charge in [-0.2, -0.15) is 5.10 Å². The molecule has 0 radical (unpaired) electrons. The summed E-state index contributed by atoms with van der Waals surface area (Å²) in [6.07, 6.45) is 5.21. The number of piperidine rings is 1. The van der Waals surface area contributed by atoms with Gasteiger partial charge in [0.05, 0.1) is 35.2 Å². The highest BCUT2D eigenvalue weighted by Crippen LogP contribution is 2.26. The summed E-state index contributed by atoms with van der Waals surface area (Å²) in [5.74, 6) is -0.314. The third-order valence-electron chi connectivity index (χ3n) is 7.42. The van der Waals surface area contributed by atoms with Gasteiger partial charge in [0.25, 0.3) is 11.5 Å². The number of aromatic nitrogens is 4. The molecule has 0 spiro atoms. The van der Waals surface area contributed by atoms with E-state index in [0.29, 0.717) is 41.9 Å². The lowest BCUT2D eigenvalue weighted by Crippen LogP contribution is -2.33. The fraction of sp³-hybridized carbons (Fsp3) is 0.258. The van der Waals surface area contributed by atoms with Gasteiger partial charge in [0.2, 0.25) is 0 Å². The van der Waals surface area contributed by atoms with Gasteiger partial charge in [0.1, 0.15) is 6.17 Å². The van der Waals surface area contributed by atoms with Crippen molar-refractivity contribution in [3.05, 3.63) is 106 Å². The van der Waals surface area contributed by atoms with E-state index in [1.165, 1.54) is 18.0 Å². The van der Waals surface area contributed by atoms with Gasteiger partial charge >= 0.3 is 0 Å². The highest BCUT2D eigenvalue weighted by Gasteiger charge is 2.19. The third-order valence-corrected chi connectivity index (χ3v) is 7.42. The number of hydrogen-bond donors (Lipinski definition) is 3. The minimum absolute atomic E-state index is 0.259. The first kappa shape index (κ1) is 25.8. The van der Waals surface area contributed by atoms with Crippen molar-refractivity contribution in [2.75, 3.05) is 18.4 Å². The molecule has 2 aromatic carbocycles. The van der Waals surface area contributed by atoms with Crippen molar-refractivity contribution in [2.45, 2.75) is 39.0 Å². The fourth-order valence-corrected chi connectivity index (χ4v) is 5.15. The van der Waals surface area contributed by atoms with E-state index >= 15 is 0 Å². The minimum atomic E-state index is -0.689. The highest BCUT2D eigenvalue weighted by molar-refractivity contribution is 6.04. The number of fused-ring (bicyclic) bond motifs is 1. The molecule has 9 heteroatoms. The number of hydrogen-bond acceptors (Lipinski definition) is 4. The minimum Gasteiger partial charge on any atom is -0.354 e. The molecule has 3 aromatic heterocycles. The first-order valence-electron chi connectivity index (χ1n) is 13.5. The van der Waals surface area contributed by atoms with Crippen LogP contribution in [0.15, 0.2) is 78.0 Å². The third kappa shape index (κ3) is 5.74. The van der Waals surface area contributed by atoms with Gasteiger partial charge in [0, 0.05) is 42.9 Å². The molecule has 3 N–H and O–H groups in total. The van der Waals surface area contributed by atoms with E-state index in [4.69, 9.17) is 0 Å². The van der Waals surface area contributed by atoms with Gasteiger partial charge in [-0.3, -0.25) is 19.2 Å². The van der Waals surface area contributed by atoms with Crippen molar-refractivity contribution in [3.8, 4) is 11.3 Å². The first-order chi connectivity index (χ1) is 19.4. The summed E-state index contributed by atoms with van der Waals surface area (Å²) >= 11 is 0. The maximum Gasteiger partial charge on any atom is 0.258 e. The molecule has 1 fully saturated rings. The smallest absolute Gasteiger partial charge is 0.258 e. The zero-order valence-corrected chi connectivity index (χ0v) is 22.3. The number of aromatic amines is 2. The lowest BCUT2D eigenvalue weighted by atomic mass is 10.1. The average molecular weight is 539 g/mol. The van der Waals surface area contributed by atoms with Crippen LogP contribution in [0.1, 0.15) is 39.9 Å². The summed E-state index contributed by atoms with van der Waals surface area (Å²) in [5, 5.41) is 8.17. The van der Waals surface area contributed by atoms with Crippen LogP contribution in [0, 0.1) is 6.92 Å². The molecule has 1 amide bonds. The molecule has 5 aromatic rings. The van der Waals surface area contributed by atoms with Gasteiger partial charge in [-0.25, -0.2) is 4.39 Å². The normalized spacial score (nSPS) is 14.6. The standard InChI is InChI=1S/C31H31FN6O2/c1-20-2-4-21(5-3-20)18-38-19-24(15-34-38)30(39)35-26-14-27(31(40)33-16-26)29-13-23-12-22(6-7-28(23)36-29)17-37-10-8-25(32)9-11-37/h2-7,12-16,19,25,36H,8-11,17-18H2,1H3,(H,33,40)(H,35,39). The number of alkyl halides is 1. The van der Waals surface area contributed by atoms with Crippen molar-refractivity contribution in [2.24, 2.45) is 0 Å². The Bertz CT molecular complexity index is 1710. The van der Waals surface area contributed by atoms with E-state index in [-0.39, 0.29) is 11.5 Å². The summed E-state index contributed by atoms with van der Waals surface area (Å²) in [6.45, 7) is 4.90. The first-order valence-corrected chi connectivity index (χ1v) is 13.5. The molecule has 1 aliphatic rings. The number of pyridine rings is 1. The van der Waals surface area contributed by atoms with Crippen LogP contribution in [-0.4, -0.2) is 49.8 Å². The van der Waals surface area contributed by atoms with Crippen molar-refractivity contribution in [3.63, 3.8) is 0 Å². The molecule has 4 heterocycles. The summed E-state index contributed by atoms with van der Waals surface area (Å²) in [4.78, 5) is 34.0. The van der Waals surface area contributed by atoms with Crippen LogP contribution in [0.25, 0.3) is 22.2 Å². The number of carbonyl (C=O) groups is 1. The highest BCUT2D eigenvalue weighted by atomic mass is 19.1. The van der Waals surface area contributed by atoms with Crippen molar-refractivity contribution in [1.82, 2.24) is 24.6 Å². The Hall–Kier alpha value is -4.50. The van der Waals surface area contributed by atoms with Gasteiger partial charge < -0.3 is 15.3 Å². The lowest BCUT2D eigenvalue weighted by Gasteiger charge is -2.28. The van der Waals surface area contributed by atoms with E-state index in [9.17, 15) is 14.0 Å². The average Bonchev–Trinajstić information content (AvgIpc) is 3.59. The van der Waals surface area contributed by atoms with Gasteiger partial charge in [-0.05, 0) is 55.2 Å². The van der Waals surface area contributed by atoms with E-state index in [1.807, 2.05) is 43.3 Å². The predicted molar refractivity (Wildman–Crippen MR) is 154 cm³/mol. The van der Waals surface area contributed by atoms with Crippen LogP contribution >= 0.6 is 0 Å². The van der Waals surface area contributed by atoms with E-state index in [0.717, 1.165) is 41.7 Å². The van der Waals surface area contributed by atoms with Gasteiger partial charge in [-0.1, -0.05) is 35.9 Å². The number of amides is 1. The SMILES string of the molecule is Cc1ccc(Cn2cc(C(=O)Nc3c[nH]c(=O)c(-c4cc5cc(CN6CCC(F)CC6)ccc5[nH]4)c3)cn2)cc1. The van der Waals surface area contributed by atoms with Gasteiger partial charge in [-0.15, -0.1) is 0 Å². The number of aryl methyl sites for hydroxylation is 1. The number of H-pyrrole nitrogens is 2. The number of benzene rings is 2. The molecule has 40 heavy (non-hydrogen) atoms. The van der Waals surface area contributed by atoms with Gasteiger partial charge in [0.15, 0.2) is 0 Å². The van der Waals surface area contributed by atoms with Crippen LogP contribution in [0.4, 0.5) is 10.1 Å². The molecule has 0 saturated carbocycles. The molecule has 0 atom stereocenters. The molecule has 0 bridgehead atoms. The number of nitrogens with one attached hydrogen (secondary N) is 3. The molecular weight excluding hydrogens is 507 g/mol. The summed E-state index contributed by atoms with van der Waals surface area (Å²) in [7, 11) is 0. The maximum atomic E-state index is 13.5. The zero-order valence-electron chi connectivity index (χ0n) is 22.3. The second-order valence-electron chi connectivity index (χ2n) is 10.6. The largest absolute Gasteiger partial charge is 0.354 e. The molecule has 1 saturated heterocycles. The molecule has 1 aliphatic heterocycles. The van der Waals surface area contributed by atoms with E-state index in [2.05, 4.69) is 37.4 Å². The fourth-order valence-electron chi connectivity index (χ4n) is 5.15. The van der Waals surface area contributed by atoms with E-state index in [1.54, 1.807) is 16.9 Å². The Kier molecular flexibility index (Phi) is 7.04. The number of halogens is 1. The van der Waals surface area contributed by atoms with Crippen LogP contribution in [0.2, 0.25) is 0 Å². The van der Waals surface area contributed by atoms with Crippen LogP contribution < -0.4 is 10.9 Å². The van der Waals surface area contributed by atoms with Crippen LogP contribution in [-0.2, 0) is 13.1 Å². The number of carbonyl (C=O) groups excluding carboxylic acids is 1. The molecule has 6 rings (SSSR count). The molecule has 0 aliphatic carbocycles. The number of anilines is 1. The van der Waals surface area contributed by atoms with Crippen LogP contribution in [0.5, 0.6) is 0 Å². The quantitative estimate of drug-likeness (QED) is 0.263. The second kappa shape index (κ2) is 10.9. The molecule has 204 valence electrons.